The number of anilines is 1. The SMILES string of the molecule is O=C(OC(C(=O)Nc1cc(Cl)cc(Cl)c1)c1ccccc1)c1ccc(I)cc1. The van der Waals surface area contributed by atoms with Crippen molar-refractivity contribution in [1.82, 2.24) is 0 Å². The van der Waals surface area contributed by atoms with Crippen molar-refractivity contribution in [3.63, 3.8) is 0 Å². The predicted octanol–water partition coefficient (Wildman–Crippen LogP) is 6.13. The highest BCUT2D eigenvalue weighted by molar-refractivity contribution is 14.1. The highest BCUT2D eigenvalue weighted by Crippen LogP contribution is 2.26. The zero-order chi connectivity index (χ0) is 20.1. The Morgan fingerprint density at radius 3 is 2.11 bits per heavy atom. The number of hydrogen-bond acceptors (Lipinski definition) is 3. The first-order chi connectivity index (χ1) is 13.4. The molecule has 1 atom stereocenters. The first-order valence-electron chi connectivity index (χ1n) is 8.21. The standard InChI is InChI=1S/C21H14Cl2INO3/c22-15-10-16(23)12-18(11-15)25-20(26)19(13-4-2-1-3-5-13)28-21(27)14-6-8-17(24)9-7-14/h1-12,19H,(H,25,26). The number of carbonyl (C=O) groups excluding carboxylic acids is 2. The molecule has 0 fully saturated rings. The van der Waals surface area contributed by atoms with Crippen molar-refractivity contribution in [2.75, 3.05) is 5.32 Å². The van der Waals surface area contributed by atoms with Gasteiger partial charge in [0.2, 0.25) is 6.10 Å². The van der Waals surface area contributed by atoms with Gasteiger partial charge in [-0.2, -0.15) is 0 Å². The lowest BCUT2D eigenvalue weighted by Gasteiger charge is -2.18. The van der Waals surface area contributed by atoms with E-state index in [0.29, 0.717) is 26.9 Å². The number of halogens is 3. The highest BCUT2D eigenvalue weighted by atomic mass is 127. The molecular weight excluding hydrogens is 512 g/mol. The first kappa shape index (κ1) is 20.6. The number of amides is 1. The lowest BCUT2D eigenvalue weighted by Crippen LogP contribution is -2.26. The summed E-state index contributed by atoms with van der Waals surface area (Å²) in [4.78, 5) is 25.4. The van der Waals surface area contributed by atoms with Crippen LogP contribution < -0.4 is 5.32 Å². The maximum Gasteiger partial charge on any atom is 0.339 e. The number of rotatable bonds is 5. The number of benzene rings is 3. The Hall–Kier alpha value is -2.09. The van der Waals surface area contributed by atoms with Crippen molar-refractivity contribution < 1.29 is 14.3 Å². The number of nitrogens with one attached hydrogen (secondary N) is 1. The van der Waals surface area contributed by atoms with E-state index in [-0.39, 0.29) is 0 Å². The monoisotopic (exact) mass is 525 g/mol. The molecule has 3 aromatic rings. The minimum Gasteiger partial charge on any atom is -0.444 e. The van der Waals surface area contributed by atoms with Crippen LogP contribution in [0.5, 0.6) is 0 Å². The lowest BCUT2D eigenvalue weighted by molar-refractivity contribution is -0.125. The maximum absolute atomic E-state index is 12.9. The largest absolute Gasteiger partial charge is 0.444 e. The zero-order valence-electron chi connectivity index (χ0n) is 14.4. The third-order valence-corrected chi connectivity index (χ3v) is 4.93. The quantitative estimate of drug-likeness (QED) is 0.322. The van der Waals surface area contributed by atoms with Crippen molar-refractivity contribution in [3.05, 3.63) is 97.5 Å². The maximum atomic E-state index is 12.9. The molecule has 0 spiro atoms. The number of esters is 1. The molecule has 1 amide bonds. The molecule has 0 aromatic heterocycles. The second kappa shape index (κ2) is 9.41. The van der Waals surface area contributed by atoms with Crippen molar-refractivity contribution in [2.24, 2.45) is 0 Å². The van der Waals surface area contributed by atoms with Crippen LogP contribution in [-0.4, -0.2) is 11.9 Å². The van der Waals surface area contributed by atoms with Crippen LogP contribution in [0.1, 0.15) is 22.0 Å². The summed E-state index contributed by atoms with van der Waals surface area (Å²) in [5.74, 6) is -1.10. The average Bonchev–Trinajstić information content (AvgIpc) is 2.66. The van der Waals surface area contributed by atoms with Gasteiger partial charge in [0, 0.05) is 24.9 Å². The second-order valence-corrected chi connectivity index (χ2v) is 7.97. The molecule has 0 saturated heterocycles. The van der Waals surface area contributed by atoms with Crippen LogP contribution in [0, 0.1) is 3.57 Å². The number of hydrogen-bond donors (Lipinski definition) is 1. The zero-order valence-corrected chi connectivity index (χ0v) is 18.0. The highest BCUT2D eigenvalue weighted by Gasteiger charge is 2.26. The topological polar surface area (TPSA) is 55.4 Å². The number of carbonyl (C=O) groups is 2. The molecule has 0 aliphatic heterocycles. The first-order valence-corrected chi connectivity index (χ1v) is 10.0. The van der Waals surface area contributed by atoms with Crippen LogP contribution >= 0.6 is 45.8 Å². The van der Waals surface area contributed by atoms with E-state index in [9.17, 15) is 9.59 Å². The smallest absolute Gasteiger partial charge is 0.339 e. The van der Waals surface area contributed by atoms with E-state index in [0.717, 1.165) is 3.57 Å². The fourth-order valence-electron chi connectivity index (χ4n) is 2.50. The van der Waals surface area contributed by atoms with Crippen molar-refractivity contribution in [1.29, 1.82) is 0 Å². The molecule has 0 radical (unpaired) electrons. The summed E-state index contributed by atoms with van der Waals surface area (Å²) < 4.78 is 6.53. The minimum atomic E-state index is -1.13. The van der Waals surface area contributed by atoms with E-state index in [1.165, 1.54) is 0 Å². The molecule has 0 saturated carbocycles. The third kappa shape index (κ3) is 5.47. The van der Waals surface area contributed by atoms with Crippen molar-refractivity contribution in [2.45, 2.75) is 6.10 Å². The molecular formula is C21H14Cl2INO3. The molecule has 7 heteroatoms. The normalized spacial score (nSPS) is 11.5. The Balaban J connectivity index is 1.85. The van der Waals surface area contributed by atoms with Crippen LogP contribution in [-0.2, 0) is 9.53 Å². The van der Waals surface area contributed by atoms with Gasteiger partial charge in [-0.05, 0) is 65.1 Å². The van der Waals surface area contributed by atoms with E-state index in [1.807, 2.05) is 6.07 Å². The number of ether oxygens (including phenoxy) is 1. The second-order valence-electron chi connectivity index (χ2n) is 5.85. The Kier molecular flexibility index (Phi) is 6.93. The van der Waals surface area contributed by atoms with Crippen LogP contribution in [0.4, 0.5) is 5.69 Å². The lowest BCUT2D eigenvalue weighted by atomic mass is 10.1. The van der Waals surface area contributed by atoms with Crippen molar-refractivity contribution >= 4 is 63.4 Å². The van der Waals surface area contributed by atoms with Crippen LogP contribution in [0.2, 0.25) is 10.0 Å². The van der Waals surface area contributed by atoms with Gasteiger partial charge >= 0.3 is 5.97 Å². The Bertz CT molecular complexity index is 974. The summed E-state index contributed by atoms with van der Waals surface area (Å²) in [6, 6.07) is 20.4. The molecule has 1 N–H and O–H groups in total. The Labute approximate surface area is 185 Å². The van der Waals surface area contributed by atoms with Gasteiger partial charge in [0.15, 0.2) is 0 Å². The van der Waals surface area contributed by atoms with Crippen molar-refractivity contribution in [3.8, 4) is 0 Å². The summed E-state index contributed by atoms with van der Waals surface area (Å²) in [5.41, 5.74) is 1.32. The average molecular weight is 526 g/mol. The van der Waals surface area contributed by atoms with Gasteiger partial charge in [-0.15, -0.1) is 0 Å². The van der Waals surface area contributed by atoms with E-state index >= 15 is 0 Å². The third-order valence-electron chi connectivity index (χ3n) is 3.78. The van der Waals surface area contributed by atoms with Gasteiger partial charge in [-0.1, -0.05) is 53.5 Å². The van der Waals surface area contributed by atoms with Gasteiger partial charge in [0.25, 0.3) is 5.91 Å². The molecule has 28 heavy (non-hydrogen) atoms. The van der Waals surface area contributed by atoms with Crippen LogP contribution in [0.25, 0.3) is 0 Å². The summed E-state index contributed by atoms with van der Waals surface area (Å²) in [6.45, 7) is 0. The molecule has 3 aromatic carbocycles. The van der Waals surface area contributed by atoms with Gasteiger partial charge in [-0.25, -0.2) is 4.79 Å². The molecule has 142 valence electrons. The predicted molar refractivity (Wildman–Crippen MR) is 119 cm³/mol. The van der Waals surface area contributed by atoms with E-state index < -0.39 is 18.0 Å². The van der Waals surface area contributed by atoms with Crippen LogP contribution in [0.15, 0.2) is 72.8 Å². The van der Waals surface area contributed by atoms with Gasteiger partial charge in [0.1, 0.15) is 0 Å². The molecule has 0 heterocycles. The van der Waals surface area contributed by atoms with E-state index in [2.05, 4.69) is 27.9 Å². The molecule has 0 bridgehead atoms. The molecule has 1 unspecified atom stereocenters. The Morgan fingerprint density at radius 2 is 1.50 bits per heavy atom. The fraction of sp³-hybridized carbons (Fsp3) is 0.0476. The summed E-state index contributed by atoms with van der Waals surface area (Å²) >= 11 is 14.1. The summed E-state index contributed by atoms with van der Waals surface area (Å²) in [6.07, 6.45) is -1.13. The summed E-state index contributed by atoms with van der Waals surface area (Å²) in [5, 5.41) is 3.47. The fourth-order valence-corrected chi connectivity index (χ4v) is 3.38. The molecule has 3 rings (SSSR count). The van der Waals surface area contributed by atoms with E-state index in [1.54, 1.807) is 66.7 Å². The van der Waals surface area contributed by atoms with Gasteiger partial charge in [0.05, 0.1) is 5.56 Å². The van der Waals surface area contributed by atoms with Gasteiger partial charge in [-0.3, -0.25) is 4.79 Å². The minimum absolute atomic E-state index is 0.361. The molecule has 0 aliphatic carbocycles. The van der Waals surface area contributed by atoms with Gasteiger partial charge < -0.3 is 10.1 Å². The van der Waals surface area contributed by atoms with E-state index in [4.69, 9.17) is 27.9 Å². The summed E-state index contributed by atoms with van der Waals surface area (Å²) in [7, 11) is 0. The Morgan fingerprint density at radius 1 is 0.893 bits per heavy atom. The van der Waals surface area contributed by atoms with Crippen LogP contribution in [0.3, 0.4) is 0 Å². The molecule has 0 aliphatic rings. The molecule has 4 nitrogen and oxygen atoms in total.